The van der Waals surface area contributed by atoms with Crippen LogP contribution in [0.3, 0.4) is 0 Å². The van der Waals surface area contributed by atoms with Crippen LogP contribution in [0, 0.1) is 0 Å². The van der Waals surface area contributed by atoms with Gasteiger partial charge < -0.3 is 5.11 Å². The first-order valence-corrected chi connectivity index (χ1v) is 8.70. The van der Waals surface area contributed by atoms with Crippen LogP contribution in [0.4, 0.5) is 0 Å². The van der Waals surface area contributed by atoms with E-state index in [1.165, 1.54) is 0 Å². The van der Waals surface area contributed by atoms with Crippen molar-refractivity contribution in [2.75, 3.05) is 5.75 Å². The minimum atomic E-state index is -3.77. The Morgan fingerprint density at radius 1 is 0.889 bits per heavy atom. The number of aliphatic hydroxyl groups is 1. The summed E-state index contributed by atoms with van der Waals surface area (Å²) in [7, 11) is -3.77. The van der Waals surface area contributed by atoms with Gasteiger partial charge >= 0.3 is 0 Å². The molecule has 0 rings (SSSR count). The zero-order valence-electron chi connectivity index (χ0n) is 11.5. The molecule has 0 heterocycles. The number of aliphatic hydroxyl groups excluding tert-OH is 1. The Kier molecular flexibility index (Phi) is 10.7. The molecule has 0 aromatic carbocycles. The molecule has 0 saturated carbocycles. The standard InChI is InChI=1S/C13H28O4S/c1-2-3-10-13(14)11-8-6-4-5-7-9-12-18(15,16)17/h13-14H,2-12H2,1H3,(H,15,16,17). The molecule has 0 aromatic rings. The third-order valence-corrected chi connectivity index (χ3v) is 3.89. The third kappa shape index (κ3) is 13.9. The van der Waals surface area contributed by atoms with Gasteiger partial charge in [-0.25, -0.2) is 0 Å². The summed E-state index contributed by atoms with van der Waals surface area (Å²) in [5.41, 5.74) is 0. The zero-order chi connectivity index (χ0) is 13.9. The molecule has 0 spiro atoms. The lowest BCUT2D eigenvalue weighted by molar-refractivity contribution is 0.148. The predicted molar refractivity (Wildman–Crippen MR) is 74.3 cm³/mol. The van der Waals surface area contributed by atoms with E-state index in [0.717, 1.165) is 57.8 Å². The zero-order valence-corrected chi connectivity index (χ0v) is 12.3. The van der Waals surface area contributed by atoms with Gasteiger partial charge in [-0.1, -0.05) is 51.9 Å². The van der Waals surface area contributed by atoms with Gasteiger partial charge in [0.2, 0.25) is 0 Å². The van der Waals surface area contributed by atoms with Gasteiger partial charge in [-0.2, -0.15) is 8.42 Å². The molecule has 0 amide bonds. The van der Waals surface area contributed by atoms with Crippen LogP contribution in [-0.2, 0) is 10.1 Å². The van der Waals surface area contributed by atoms with Crippen molar-refractivity contribution < 1.29 is 18.1 Å². The molecular formula is C13H28O4S. The maximum absolute atomic E-state index is 10.5. The fourth-order valence-corrected chi connectivity index (χ4v) is 2.52. The Hall–Kier alpha value is -0.130. The highest BCUT2D eigenvalue weighted by Crippen LogP contribution is 2.12. The molecule has 0 saturated heterocycles. The summed E-state index contributed by atoms with van der Waals surface area (Å²) < 4.78 is 29.4. The van der Waals surface area contributed by atoms with Gasteiger partial charge in [-0.05, 0) is 19.3 Å². The number of hydrogen-bond donors (Lipinski definition) is 2. The van der Waals surface area contributed by atoms with Crippen molar-refractivity contribution in [2.24, 2.45) is 0 Å². The van der Waals surface area contributed by atoms with Crippen molar-refractivity contribution in [2.45, 2.75) is 77.2 Å². The average molecular weight is 280 g/mol. The lowest BCUT2D eigenvalue weighted by atomic mass is 10.0. The monoisotopic (exact) mass is 280 g/mol. The van der Waals surface area contributed by atoms with Crippen LogP contribution in [0.2, 0.25) is 0 Å². The maximum Gasteiger partial charge on any atom is 0.264 e. The molecule has 4 nitrogen and oxygen atoms in total. The van der Waals surface area contributed by atoms with Crippen molar-refractivity contribution in [3.8, 4) is 0 Å². The van der Waals surface area contributed by atoms with Crippen LogP contribution in [0.25, 0.3) is 0 Å². The number of rotatable bonds is 12. The second-order valence-corrected chi connectivity index (χ2v) is 6.56. The lowest BCUT2D eigenvalue weighted by Crippen LogP contribution is -2.05. The Morgan fingerprint density at radius 3 is 1.94 bits per heavy atom. The molecular weight excluding hydrogens is 252 g/mol. The summed E-state index contributed by atoms with van der Waals surface area (Å²) in [5.74, 6) is -0.122. The highest BCUT2D eigenvalue weighted by atomic mass is 32.2. The van der Waals surface area contributed by atoms with Crippen molar-refractivity contribution in [1.29, 1.82) is 0 Å². The van der Waals surface area contributed by atoms with Gasteiger partial charge in [0.15, 0.2) is 0 Å². The molecule has 1 unspecified atom stereocenters. The topological polar surface area (TPSA) is 74.6 Å². The Labute approximate surface area is 112 Å². The Balaban J connectivity index is 3.21. The van der Waals surface area contributed by atoms with Crippen LogP contribution in [0.15, 0.2) is 0 Å². The molecule has 0 fully saturated rings. The van der Waals surface area contributed by atoms with Gasteiger partial charge in [0.05, 0.1) is 11.9 Å². The second-order valence-electron chi connectivity index (χ2n) is 4.99. The van der Waals surface area contributed by atoms with Gasteiger partial charge in [0.1, 0.15) is 0 Å². The van der Waals surface area contributed by atoms with E-state index in [9.17, 15) is 13.5 Å². The summed E-state index contributed by atoms with van der Waals surface area (Å²) in [6.07, 6.45) is 9.46. The molecule has 0 bridgehead atoms. The summed E-state index contributed by atoms with van der Waals surface area (Å²) in [5, 5.41) is 9.62. The summed E-state index contributed by atoms with van der Waals surface area (Å²) in [6.45, 7) is 2.12. The smallest absolute Gasteiger partial charge is 0.264 e. The maximum atomic E-state index is 10.5. The Bertz CT molecular complexity index is 275. The Morgan fingerprint density at radius 2 is 1.39 bits per heavy atom. The summed E-state index contributed by atoms with van der Waals surface area (Å²) in [6, 6.07) is 0. The van der Waals surface area contributed by atoms with E-state index in [0.29, 0.717) is 6.42 Å². The minimum absolute atomic E-state index is 0.122. The van der Waals surface area contributed by atoms with Crippen LogP contribution in [0.1, 0.15) is 71.1 Å². The first-order chi connectivity index (χ1) is 8.45. The molecule has 1 atom stereocenters. The normalized spacial score (nSPS) is 13.7. The summed E-state index contributed by atoms with van der Waals surface area (Å²) >= 11 is 0. The third-order valence-electron chi connectivity index (χ3n) is 3.08. The van der Waals surface area contributed by atoms with Gasteiger partial charge in [0.25, 0.3) is 10.1 Å². The molecule has 5 heteroatoms. The van der Waals surface area contributed by atoms with Gasteiger partial charge in [-0.15, -0.1) is 0 Å². The van der Waals surface area contributed by atoms with E-state index < -0.39 is 10.1 Å². The molecule has 0 aliphatic heterocycles. The predicted octanol–water partition coefficient (Wildman–Crippen LogP) is 3.16. The van der Waals surface area contributed by atoms with Crippen LogP contribution >= 0.6 is 0 Å². The average Bonchev–Trinajstić information content (AvgIpc) is 2.28. The molecule has 0 aliphatic rings. The molecule has 2 N–H and O–H groups in total. The minimum Gasteiger partial charge on any atom is -0.393 e. The van der Waals surface area contributed by atoms with E-state index in [1.807, 2.05) is 0 Å². The molecule has 0 radical (unpaired) electrons. The van der Waals surface area contributed by atoms with Crippen molar-refractivity contribution >= 4 is 10.1 Å². The first kappa shape index (κ1) is 17.9. The lowest BCUT2D eigenvalue weighted by Gasteiger charge is -2.09. The van der Waals surface area contributed by atoms with Crippen molar-refractivity contribution in [3.05, 3.63) is 0 Å². The van der Waals surface area contributed by atoms with E-state index in [2.05, 4.69) is 6.92 Å². The highest BCUT2D eigenvalue weighted by molar-refractivity contribution is 7.85. The van der Waals surface area contributed by atoms with E-state index in [-0.39, 0.29) is 11.9 Å². The van der Waals surface area contributed by atoms with Gasteiger partial charge in [-0.3, -0.25) is 4.55 Å². The molecule has 110 valence electrons. The van der Waals surface area contributed by atoms with Crippen LogP contribution < -0.4 is 0 Å². The van der Waals surface area contributed by atoms with E-state index in [4.69, 9.17) is 4.55 Å². The largest absolute Gasteiger partial charge is 0.393 e. The SMILES string of the molecule is CCCCC(O)CCCCCCCCS(=O)(=O)O. The van der Waals surface area contributed by atoms with E-state index >= 15 is 0 Å². The van der Waals surface area contributed by atoms with Gasteiger partial charge in [0, 0.05) is 0 Å². The first-order valence-electron chi connectivity index (χ1n) is 7.09. The van der Waals surface area contributed by atoms with E-state index in [1.54, 1.807) is 0 Å². The van der Waals surface area contributed by atoms with Crippen LogP contribution in [-0.4, -0.2) is 29.9 Å². The second kappa shape index (κ2) is 10.8. The summed E-state index contributed by atoms with van der Waals surface area (Å²) in [4.78, 5) is 0. The number of hydrogen-bond acceptors (Lipinski definition) is 3. The fourth-order valence-electron chi connectivity index (χ4n) is 1.96. The molecule has 18 heavy (non-hydrogen) atoms. The number of unbranched alkanes of at least 4 members (excludes halogenated alkanes) is 6. The molecule has 0 aliphatic carbocycles. The highest BCUT2D eigenvalue weighted by Gasteiger charge is 2.04. The van der Waals surface area contributed by atoms with Crippen molar-refractivity contribution in [3.63, 3.8) is 0 Å². The van der Waals surface area contributed by atoms with Crippen molar-refractivity contribution in [1.82, 2.24) is 0 Å². The molecule has 0 aromatic heterocycles. The fraction of sp³-hybridized carbons (Fsp3) is 1.00. The van der Waals surface area contributed by atoms with Crippen LogP contribution in [0.5, 0.6) is 0 Å². The quantitative estimate of drug-likeness (QED) is 0.425.